The van der Waals surface area contributed by atoms with Crippen LogP contribution in [-0.2, 0) is 4.43 Å². The zero-order chi connectivity index (χ0) is 9.19. The fraction of sp³-hybridized carbons (Fsp3) is 1.00. The van der Waals surface area contributed by atoms with E-state index in [9.17, 15) is 0 Å². The average Bonchev–Trinajstić information content (AvgIpc) is 2.33. The molecular weight excluding hydrogens is 166 g/mol. The van der Waals surface area contributed by atoms with Gasteiger partial charge in [-0.05, 0) is 30.5 Å². The van der Waals surface area contributed by atoms with E-state index < -0.39 is 8.48 Å². The van der Waals surface area contributed by atoms with Crippen LogP contribution < -0.4 is 4.98 Å². The molecule has 2 nitrogen and oxygen atoms in total. The Morgan fingerprint density at radius 3 is 2.17 bits per heavy atom. The van der Waals surface area contributed by atoms with Crippen molar-refractivity contribution < 1.29 is 4.43 Å². The van der Waals surface area contributed by atoms with Crippen LogP contribution in [0.3, 0.4) is 0 Å². The second-order valence-corrected chi connectivity index (χ2v) is 8.23. The summed E-state index contributed by atoms with van der Waals surface area (Å²) < 4.78 is 5.79. The Labute approximate surface area is 76.9 Å². The number of nitrogens with one attached hydrogen (secondary N) is 1. The monoisotopic (exact) mass is 187 g/mol. The molecule has 72 valence electrons. The molecule has 2 atom stereocenters. The predicted octanol–water partition coefficient (Wildman–Crippen LogP) is 2.26. The van der Waals surface area contributed by atoms with Gasteiger partial charge in [-0.1, -0.05) is 20.8 Å². The molecule has 1 aliphatic rings. The van der Waals surface area contributed by atoms with Crippen LogP contribution in [0.1, 0.15) is 33.6 Å². The van der Waals surface area contributed by atoms with Crippen molar-refractivity contribution in [2.45, 2.75) is 44.7 Å². The van der Waals surface area contributed by atoms with Crippen molar-refractivity contribution in [1.82, 2.24) is 4.98 Å². The van der Waals surface area contributed by atoms with Gasteiger partial charge in [0.2, 0.25) is 0 Å². The lowest BCUT2D eigenvalue weighted by molar-refractivity contribution is 0.365. The summed E-state index contributed by atoms with van der Waals surface area (Å²) in [6.45, 7) is 7.89. The minimum absolute atomic E-state index is 0.775. The van der Waals surface area contributed by atoms with Gasteiger partial charge in [0.15, 0.2) is 0 Å². The first-order chi connectivity index (χ1) is 5.67. The summed E-state index contributed by atoms with van der Waals surface area (Å²) in [7, 11) is 0.319. The second kappa shape index (κ2) is 3.90. The first-order valence-corrected chi connectivity index (χ1v) is 7.03. The summed E-state index contributed by atoms with van der Waals surface area (Å²) in [4.78, 5) is 3.62. The summed E-state index contributed by atoms with van der Waals surface area (Å²) in [5.74, 6) is 0. The van der Waals surface area contributed by atoms with E-state index in [0.29, 0.717) is 0 Å². The molecule has 3 heteroatoms. The highest BCUT2D eigenvalue weighted by molar-refractivity contribution is 6.74. The van der Waals surface area contributed by atoms with Crippen LogP contribution in [0.2, 0.25) is 11.1 Å². The standard InChI is InChI=1S/C9H21NOSi/c1-5-10-12(11-4)8(2)6-7-9(12)3/h8-10H,5-7H2,1-4H3. The maximum Gasteiger partial charge on any atom is 0.274 e. The molecule has 1 aliphatic heterocycles. The van der Waals surface area contributed by atoms with Crippen LogP contribution >= 0.6 is 0 Å². The van der Waals surface area contributed by atoms with E-state index in [1.54, 1.807) is 0 Å². The molecule has 0 bridgehead atoms. The Bertz CT molecular complexity index is 141. The molecule has 2 unspecified atom stereocenters. The molecule has 0 saturated carbocycles. The van der Waals surface area contributed by atoms with Crippen molar-refractivity contribution in [1.29, 1.82) is 0 Å². The van der Waals surface area contributed by atoms with Gasteiger partial charge in [-0.2, -0.15) is 0 Å². The lowest BCUT2D eigenvalue weighted by atomic mass is 10.2. The van der Waals surface area contributed by atoms with Gasteiger partial charge in [0.05, 0.1) is 0 Å². The number of rotatable bonds is 3. The molecule has 0 amide bonds. The molecule has 1 saturated heterocycles. The SMILES string of the molecule is CCN[Si]1(OC)C(C)CCC1C. The first-order valence-electron chi connectivity index (χ1n) is 4.97. The highest BCUT2D eigenvalue weighted by Crippen LogP contribution is 2.44. The molecule has 1 rings (SSSR count). The topological polar surface area (TPSA) is 21.3 Å². The van der Waals surface area contributed by atoms with Crippen LogP contribution in [0.15, 0.2) is 0 Å². The minimum atomic E-state index is -1.56. The lowest BCUT2D eigenvalue weighted by Gasteiger charge is -2.33. The molecule has 0 aromatic carbocycles. The fourth-order valence-corrected chi connectivity index (χ4v) is 6.87. The predicted molar refractivity (Wildman–Crippen MR) is 54.5 cm³/mol. The lowest BCUT2D eigenvalue weighted by Crippen LogP contribution is -2.55. The van der Waals surface area contributed by atoms with Crippen molar-refractivity contribution in [3.8, 4) is 0 Å². The molecule has 1 fully saturated rings. The third kappa shape index (κ3) is 1.45. The molecule has 0 aromatic rings. The maximum absolute atomic E-state index is 5.79. The largest absolute Gasteiger partial charge is 0.406 e. The fourth-order valence-electron chi connectivity index (χ4n) is 2.51. The first kappa shape index (κ1) is 10.2. The smallest absolute Gasteiger partial charge is 0.274 e. The molecule has 0 spiro atoms. The molecule has 0 radical (unpaired) electrons. The zero-order valence-electron chi connectivity index (χ0n) is 8.68. The summed E-state index contributed by atoms with van der Waals surface area (Å²) >= 11 is 0. The van der Waals surface area contributed by atoms with Crippen LogP contribution in [-0.4, -0.2) is 22.1 Å². The molecule has 0 aliphatic carbocycles. The Balaban J connectivity index is 2.73. The quantitative estimate of drug-likeness (QED) is 0.684. The van der Waals surface area contributed by atoms with Gasteiger partial charge in [-0.25, -0.2) is 0 Å². The van der Waals surface area contributed by atoms with Crippen molar-refractivity contribution in [3.63, 3.8) is 0 Å². The van der Waals surface area contributed by atoms with Crippen molar-refractivity contribution in [2.24, 2.45) is 0 Å². The maximum atomic E-state index is 5.79. The van der Waals surface area contributed by atoms with Crippen molar-refractivity contribution in [2.75, 3.05) is 13.7 Å². The van der Waals surface area contributed by atoms with E-state index >= 15 is 0 Å². The normalized spacial score (nSPS) is 42.0. The van der Waals surface area contributed by atoms with E-state index in [0.717, 1.165) is 17.6 Å². The van der Waals surface area contributed by atoms with Gasteiger partial charge >= 0.3 is 0 Å². The van der Waals surface area contributed by atoms with E-state index in [-0.39, 0.29) is 0 Å². The van der Waals surface area contributed by atoms with E-state index in [4.69, 9.17) is 4.43 Å². The molecular formula is C9H21NOSi. The van der Waals surface area contributed by atoms with Crippen LogP contribution in [0.25, 0.3) is 0 Å². The summed E-state index contributed by atoms with van der Waals surface area (Å²) in [5.41, 5.74) is 1.55. The third-order valence-electron chi connectivity index (χ3n) is 3.29. The van der Waals surface area contributed by atoms with Gasteiger partial charge in [-0.3, -0.25) is 0 Å². The third-order valence-corrected chi connectivity index (χ3v) is 8.38. The van der Waals surface area contributed by atoms with Gasteiger partial charge in [0.25, 0.3) is 8.48 Å². The van der Waals surface area contributed by atoms with Crippen molar-refractivity contribution >= 4 is 8.48 Å². The highest BCUT2D eigenvalue weighted by atomic mass is 28.4. The Morgan fingerprint density at radius 2 is 1.83 bits per heavy atom. The van der Waals surface area contributed by atoms with Crippen LogP contribution in [0, 0.1) is 0 Å². The van der Waals surface area contributed by atoms with Gasteiger partial charge in [0.1, 0.15) is 0 Å². The second-order valence-electron chi connectivity index (χ2n) is 3.91. The molecule has 1 N–H and O–H groups in total. The number of hydrogen-bond donors (Lipinski definition) is 1. The van der Waals surface area contributed by atoms with Crippen molar-refractivity contribution in [3.05, 3.63) is 0 Å². The molecule has 12 heavy (non-hydrogen) atoms. The summed E-state index contributed by atoms with van der Waals surface area (Å²) in [6, 6.07) is 0. The summed E-state index contributed by atoms with van der Waals surface area (Å²) in [5, 5.41) is 0. The molecule has 0 aromatic heterocycles. The Kier molecular flexibility index (Phi) is 3.32. The average molecular weight is 187 g/mol. The zero-order valence-corrected chi connectivity index (χ0v) is 9.68. The van der Waals surface area contributed by atoms with Gasteiger partial charge in [-0.15, -0.1) is 0 Å². The van der Waals surface area contributed by atoms with Gasteiger partial charge < -0.3 is 9.41 Å². The number of hydrogen-bond acceptors (Lipinski definition) is 2. The Morgan fingerprint density at radius 1 is 1.33 bits per heavy atom. The molecule has 1 heterocycles. The summed E-state index contributed by atoms with van der Waals surface area (Å²) in [6.07, 6.45) is 2.68. The highest BCUT2D eigenvalue weighted by Gasteiger charge is 2.49. The van der Waals surface area contributed by atoms with Crippen LogP contribution in [0.5, 0.6) is 0 Å². The van der Waals surface area contributed by atoms with E-state index in [1.807, 2.05) is 7.11 Å². The van der Waals surface area contributed by atoms with E-state index in [1.165, 1.54) is 12.8 Å². The van der Waals surface area contributed by atoms with Crippen LogP contribution in [0.4, 0.5) is 0 Å². The van der Waals surface area contributed by atoms with E-state index in [2.05, 4.69) is 25.8 Å². The van der Waals surface area contributed by atoms with Gasteiger partial charge in [0, 0.05) is 7.11 Å². The minimum Gasteiger partial charge on any atom is -0.406 e. The Hall–Kier alpha value is 0.137.